The van der Waals surface area contributed by atoms with E-state index >= 15 is 0 Å². The molecule has 2 aromatic carbocycles. The summed E-state index contributed by atoms with van der Waals surface area (Å²) >= 11 is 1.25. The van der Waals surface area contributed by atoms with E-state index in [1.165, 1.54) is 22.3 Å². The smallest absolute Gasteiger partial charge is 0.260 e. The van der Waals surface area contributed by atoms with Crippen LogP contribution in [0.3, 0.4) is 0 Å². The zero-order valence-corrected chi connectivity index (χ0v) is 15.9. The van der Waals surface area contributed by atoms with Crippen molar-refractivity contribution in [2.24, 2.45) is 0 Å². The van der Waals surface area contributed by atoms with Crippen LogP contribution in [0.25, 0.3) is 10.2 Å². The summed E-state index contributed by atoms with van der Waals surface area (Å²) in [6.45, 7) is 1.07. The Hall–Kier alpha value is -3.39. The number of fused-ring (bicyclic) bond motifs is 2. The minimum atomic E-state index is -0.422. The predicted octanol–water partition coefficient (Wildman–Crippen LogP) is 4.65. The molecule has 1 aliphatic rings. The van der Waals surface area contributed by atoms with Crippen LogP contribution in [-0.2, 0) is 6.54 Å². The van der Waals surface area contributed by atoms with Gasteiger partial charge in [0.15, 0.2) is 16.6 Å². The van der Waals surface area contributed by atoms with Crippen molar-refractivity contribution in [1.29, 1.82) is 0 Å². The second kappa shape index (κ2) is 7.21. The summed E-state index contributed by atoms with van der Waals surface area (Å²) in [5.41, 5.74) is 0.660. The van der Waals surface area contributed by atoms with Crippen LogP contribution in [0.5, 0.6) is 11.5 Å². The highest BCUT2D eigenvalue weighted by Gasteiger charge is 2.25. The Morgan fingerprint density at radius 1 is 1.10 bits per heavy atom. The maximum absolute atomic E-state index is 14.1. The molecule has 1 aliphatic heterocycles. The SMILES string of the molecule is O=C(c1ccc2c(c1)OCCO2)N(Cc1ccco1)c1nc2c(F)cccc2s1. The molecule has 0 saturated carbocycles. The van der Waals surface area contributed by atoms with Crippen LogP contribution in [0.2, 0.25) is 0 Å². The Morgan fingerprint density at radius 3 is 2.76 bits per heavy atom. The molecule has 4 aromatic rings. The second-order valence-corrected chi connectivity index (χ2v) is 7.42. The number of thiazole rings is 1. The van der Waals surface area contributed by atoms with Crippen molar-refractivity contribution in [3.8, 4) is 11.5 Å². The molecule has 146 valence electrons. The highest BCUT2D eigenvalue weighted by molar-refractivity contribution is 7.22. The maximum atomic E-state index is 14.1. The fraction of sp³-hybridized carbons (Fsp3) is 0.143. The minimum Gasteiger partial charge on any atom is -0.486 e. The minimum absolute atomic E-state index is 0.168. The van der Waals surface area contributed by atoms with E-state index in [0.717, 1.165) is 0 Å². The molecule has 0 aliphatic carbocycles. The van der Waals surface area contributed by atoms with Crippen LogP contribution in [0.1, 0.15) is 16.1 Å². The number of halogens is 1. The van der Waals surface area contributed by atoms with Crippen molar-refractivity contribution >= 4 is 32.6 Å². The van der Waals surface area contributed by atoms with Crippen molar-refractivity contribution < 1.29 is 23.1 Å². The number of hydrogen-bond acceptors (Lipinski definition) is 6. The normalized spacial score (nSPS) is 12.9. The van der Waals surface area contributed by atoms with Gasteiger partial charge < -0.3 is 13.9 Å². The Morgan fingerprint density at radius 2 is 1.97 bits per heavy atom. The molecule has 6 nitrogen and oxygen atoms in total. The summed E-state index contributed by atoms with van der Waals surface area (Å²) in [6, 6.07) is 13.3. The van der Waals surface area contributed by atoms with Crippen molar-refractivity contribution in [2.45, 2.75) is 6.54 Å². The predicted molar refractivity (Wildman–Crippen MR) is 106 cm³/mol. The summed E-state index contributed by atoms with van der Waals surface area (Å²) in [4.78, 5) is 19.2. The lowest BCUT2D eigenvalue weighted by molar-refractivity contribution is 0.0982. The molecular weight excluding hydrogens is 395 g/mol. The number of amides is 1. The summed E-state index contributed by atoms with van der Waals surface area (Å²) in [7, 11) is 0. The molecule has 0 spiro atoms. The van der Waals surface area contributed by atoms with E-state index in [2.05, 4.69) is 4.98 Å². The summed E-state index contributed by atoms with van der Waals surface area (Å²) in [6.07, 6.45) is 1.54. The Labute approximate surface area is 169 Å². The van der Waals surface area contributed by atoms with Gasteiger partial charge in [-0.25, -0.2) is 9.37 Å². The van der Waals surface area contributed by atoms with Crippen LogP contribution < -0.4 is 14.4 Å². The van der Waals surface area contributed by atoms with E-state index in [1.54, 1.807) is 48.7 Å². The molecule has 0 fully saturated rings. The quantitative estimate of drug-likeness (QED) is 0.490. The number of anilines is 1. The van der Waals surface area contributed by atoms with E-state index in [0.29, 0.717) is 45.9 Å². The van der Waals surface area contributed by atoms with Crippen LogP contribution in [0.15, 0.2) is 59.2 Å². The molecule has 5 rings (SSSR count). The number of aromatic nitrogens is 1. The first-order valence-corrected chi connectivity index (χ1v) is 9.79. The monoisotopic (exact) mass is 410 g/mol. The van der Waals surface area contributed by atoms with Gasteiger partial charge in [0.25, 0.3) is 5.91 Å². The number of para-hydroxylation sites is 1. The lowest BCUT2D eigenvalue weighted by Gasteiger charge is -2.21. The summed E-state index contributed by atoms with van der Waals surface area (Å²) < 4.78 is 31.4. The molecule has 0 bridgehead atoms. The van der Waals surface area contributed by atoms with E-state index in [9.17, 15) is 9.18 Å². The zero-order valence-electron chi connectivity index (χ0n) is 15.1. The number of ether oxygens (including phenoxy) is 2. The van der Waals surface area contributed by atoms with Gasteiger partial charge in [-0.2, -0.15) is 0 Å². The average Bonchev–Trinajstić information content (AvgIpc) is 3.41. The van der Waals surface area contributed by atoms with Gasteiger partial charge >= 0.3 is 0 Å². The van der Waals surface area contributed by atoms with Crippen LogP contribution in [0.4, 0.5) is 9.52 Å². The molecule has 8 heteroatoms. The van der Waals surface area contributed by atoms with Crippen LogP contribution in [-0.4, -0.2) is 24.1 Å². The van der Waals surface area contributed by atoms with Gasteiger partial charge in [0.2, 0.25) is 0 Å². The lowest BCUT2D eigenvalue weighted by Crippen LogP contribution is -2.30. The highest BCUT2D eigenvalue weighted by Crippen LogP contribution is 2.34. The molecule has 1 amide bonds. The number of carbonyl (C=O) groups excluding carboxylic acids is 1. The third-order valence-electron chi connectivity index (χ3n) is 4.52. The Kier molecular flexibility index (Phi) is 4.40. The second-order valence-electron chi connectivity index (χ2n) is 6.41. The van der Waals surface area contributed by atoms with Gasteiger partial charge in [-0.15, -0.1) is 0 Å². The van der Waals surface area contributed by atoms with E-state index in [4.69, 9.17) is 13.9 Å². The van der Waals surface area contributed by atoms with Crippen LogP contribution in [0, 0.1) is 5.82 Å². The molecule has 0 saturated heterocycles. The Balaban J connectivity index is 1.56. The fourth-order valence-corrected chi connectivity index (χ4v) is 4.11. The third-order valence-corrected chi connectivity index (χ3v) is 5.56. The van der Waals surface area contributed by atoms with Gasteiger partial charge in [0.05, 0.1) is 17.5 Å². The van der Waals surface area contributed by atoms with Gasteiger partial charge in [0.1, 0.15) is 30.3 Å². The van der Waals surface area contributed by atoms with Crippen molar-refractivity contribution in [3.63, 3.8) is 0 Å². The molecule has 0 N–H and O–H groups in total. The number of furan rings is 1. The standard InChI is InChI=1S/C21H15FN2O4S/c22-15-4-1-5-18-19(15)23-21(29-18)24(12-14-3-2-8-26-14)20(25)13-6-7-16-17(11-13)28-10-9-27-16/h1-8,11H,9-10,12H2. The molecule has 3 heterocycles. The van der Waals surface area contributed by atoms with Crippen molar-refractivity contribution in [1.82, 2.24) is 4.98 Å². The largest absolute Gasteiger partial charge is 0.486 e. The number of carbonyl (C=O) groups is 1. The first kappa shape index (κ1) is 17.7. The molecular formula is C21H15FN2O4S. The fourth-order valence-electron chi connectivity index (χ4n) is 3.14. The van der Waals surface area contributed by atoms with Crippen molar-refractivity contribution in [2.75, 3.05) is 18.1 Å². The molecule has 2 aromatic heterocycles. The van der Waals surface area contributed by atoms with E-state index in [-0.39, 0.29) is 18.0 Å². The zero-order chi connectivity index (χ0) is 19.8. The number of nitrogens with zero attached hydrogens (tertiary/aromatic N) is 2. The van der Waals surface area contributed by atoms with E-state index in [1.807, 2.05) is 0 Å². The maximum Gasteiger partial charge on any atom is 0.260 e. The first-order chi connectivity index (χ1) is 14.2. The summed E-state index contributed by atoms with van der Waals surface area (Å²) in [5.74, 6) is 1.01. The van der Waals surface area contributed by atoms with Gasteiger partial charge in [0, 0.05) is 5.56 Å². The van der Waals surface area contributed by atoms with E-state index < -0.39 is 5.82 Å². The number of hydrogen-bond donors (Lipinski definition) is 0. The number of benzene rings is 2. The van der Waals surface area contributed by atoms with Gasteiger partial charge in [-0.05, 0) is 42.5 Å². The molecule has 29 heavy (non-hydrogen) atoms. The van der Waals surface area contributed by atoms with Gasteiger partial charge in [-0.1, -0.05) is 17.4 Å². The van der Waals surface area contributed by atoms with Crippen LogP contribution >= 0.6 is 11.3 Å². The van der Waals surface area contributed by atoms with Crippen molar-refractivity contribution in [3.05, 3.63) is 71.9 Å². The summed E-state index contributed by atoms with van der Waals surface area (Å²) in [5, 5.41) is 0.390. The molecule has 0 unspecified atom stereocenters. The molecule has 0 radical (unpaired) electrons. The highest BCUT2D eigenvalue weighted by atomic mass is 32.1. The number of rotatable bonds is 4. The topological polar surface area (TPSA) is 64.8 Å². The Bertz CT molecular complexity index is 1190. The van der Waals surface area contributed by atoms with Gasteiger partial charge in [-0.3, -0.25) is 9.69 Å². The lowest BCUT2D eigenvalue weighted by atomic mass is 10.1. The first-order valence-electron chi connectivity index (χ1n) is 8.98. The molecule has 0 atom stereocenters. The average molecular weight is 410 g/mol. The third kappa shape index (κ3) is 3.31.